The number of likely N-dealkylation sites (tertiary alicyclic amines) is 2. The first-order valence-corrected chi connectivity index (χ1v) is 19.6. The number of nitrogens with one attached hydrogen (secondary N) is 2. The number of fused-ring (bicyclic) bond motifs is 1. The number of benzene rings is 1. The number of rotatable bonds is 17. The van der Waals surface area contributed by atoms with Gasteiger partial charge in [0.25, 0.3) is 0 Å². The molecule has 0 spiro atoms. The molecule has 1 aromatic carbocycles. The average Bonchev–Trinajstić information content (AvgIpc) is 3.58. The summed E-state index contributed by atoms with van der Waals surface area (Å²) in [6, 6.07) is 3.95. The van der Waals surface area contributed by atoms with Crippen LogP contribution in [0.1, 0.15) is 121 Å². The quantitative estimate of drug-likeness (QED) is 0.0914. The van der Waals surface area contributed by atoms with Crippen LogP contribution in [0.3, 0.4) is 0 Å². The minimum absolute atomic E-state index is 0.0166. The number of nitrogens with zero attached hydrogens (tertiary/aromatic N) is 2. The molecule has 1 aromatic heterocycles. The van der Waals surface area contributed by atoms with Gasteiger partial charge in [-0.2, -0.15) is 0 Å². The van der Waals surface area contributed by atoms with E-state index in [0.29, 0.717) is 43.4 Å². The lowest BCUT2D eigenvalue weighted by Gasteiger charge is -2.32. The molecule has 0 unspecified atom stereocenters. The number of carbonyl (C=O) groups is 3. The minimum Gasteiger partial charge on any atom is -0.508 e. The van der Waals surface area contributed by atoms with Gasteiger partial charge in [-0.3, -0.25) is 24.2 Å². The van der Waals surface area contributed by atoms with Gasteiger partial charge >= 0.3 is 0 Å². The van der Waals surface area contributed by atoms with Crippen LogP contribution >= 0.6 is 11.8 Å². The first-order valence-electron chi connectivity index (χ1n) is 18.7. The number of phenolic OH excluding ortho intramolecular Hbond substituents is 1. The second kappa shape index (κ2) is 17.8. The summed E-state index contributed by atoms with van der Waals surface area (Å²) in [7, 11) is 0. The predicted molar refractivity (Wildman–Crippen MR) is 190 cm³/mol. The average molecular weight is 667 g/mol. The van der Waals surface area contributed by atoms with E-state index in [2.05, 4.69) is 35.1 Å². The van der Waals surface area contributed by atoms with Crippen molar-refractivity contribution < 1.29 is 19.5 Å². The van der Waals surface area contributed by atoms with E-state index >= 15 is 0 Å². The molecule has 3 fully saturated rings. The third-order valence-electron chi connectivity index (χ3n) is 11.0. The number of thioether (sulfide) groups is 1. The zero-order valence-electron chi connectivity index (χ0n) is 28.9. The van der Waals surface area contributed by atoms with Crippen molar-refractivity contribution in [2.75, 3.05) is 31.9 Å². The topological polar surface area (TPSA) is 106 Å². The van der Waals surface area contributed by atoms with Crippen LogP contribution in [-0.2, 0) is 27.3 Å². The second-order valence-corrected chi connectivity index (χ2v) is 15.6. The van der Waals surface area contributed by atoms with Gasteiger partial charge in [0.1, 0.15) is 5.75 Å². The molecule has 2 saturated heterocycles. The molecule has 1 saturated carbocycles. The molecule has 2 aliphatic heterocycles. The molecule has 3 amide bonds. The van der Waals surface area contributed by atoms with Gasteiger partial charge in [-0.1, -0.05) is 52.4 Å². The van der Waals surface area contributed by atoms with Crippen LogP contribution in [0.2, 0.25) is 0 Å². The highest BCUT2D eigenvalue weighted by Crippen LogP contribution is 2.37. The Hall–Kier alpha value is -2.52. The number of piperidine rings is 1. The number of aromatic amines is 1. The Morgan fingerprint density at radius 3 is 2.32 bits per heavy atom. The zero-order valence-corrected chi connectivity index (χ0v) is 29.7. The minimum atomic E-state index is 0.0166. The van der Waals surface area contributed by atoms with Gasteiger partial charge in [-0.25, -0.2) is 0 Å². The summed E-state index contributed by atoms with van der Waals surface area (Å²) >= 11 is 1.86. The van der Waals surface area contributed by atoms with E-state index in [-0.39, 0.29) is 17.7 Å². The van der Waals surface area contributed by atoms with Crippen molar-refractivity contribution >= 4 is 40.4 Å². The Bertz CT molecular complexity index is 1330. The van der Waals surface area contributed by atoms with Gasteiger partial charge in [-0.15, -0.1) is 11.8 Å². The standard InChI is InChI=1S/C38H58N4O4S/c1-3-8-31-30-15-16-33(43)32(37(30)40-38(31)47-4-2)26-41-23-20-28(21-24-41)19-22-39-34(44)10-7-5-6-9-27-11-13-29(14-12-27)25-42-35(45)17-18-36(42)46/h15-16,27-29,40,43H,3-14,17-26H2,1-2H3,(H,39,44). The third kappa shape index (κ3) is 9.78. The van der Waals surface area contributed by atoms with Gasteiger partial charge in [-0.05, 0) is 99.2 Å². The maximum atomic E-state index is 12.5. The molecule has 0 radical (unpaired) electrons. The zero-order chi connectivity index (χ0) is 33.2. The van der Waals surface area contributed by atoms with Crippen molar-refractivity contribution in [2.45, 2.75) is 128 Å². The van der Waals surface area contributed by atoms with Crippen molar-refractivity contribution in [2.24, 2.45) is 17.8 Å². The molecular weight excluding hydrogens is 609 g/mol. The summed E-state index contributed by atoms with van der Waals surface area (Å²) < 4.78 is 0. The van der Waals surface area contributed by atoms with Crippen LogP contribution in [0.5, 0.6) is 5.75 Å². The number of phenols is 1. The molecule has 8 nitrogen and oxygen atoms in total. The normalized spacial score (nSPS) is 21.3. The first-order chi connectivity index (χ1) is 22.9. The summed E-state index contributed by atoms with van der Waals surface area (Å²) in [5.41, 5.74) is 3.51. The summed E-state index contributed by atoms with van der Waals surface area (Å²) in [5.74, 6) is 3.49. The number of imide groups is 1. The van der Waals surface area contributed by atoms with Gasteiger partial charge in [0.05, 0.1) is 10.5 Å². The predicted octanol–water partition coefficient (Wildman–Crippen LogP) is 7.56. The first kappa shape index (κ1) is 35.8. The highest BCUT2D eigenvalue weighted by Gasteiger charge is 2.32. The van der Waals surface area contributed by atoms with Crippen LogP contribution in [-0.4, -0.2) is 69.5 Å². The lowest BCUT2D eigenvalue weighted by Crippen LogP contribution is -2.35. The van der Waals surface area contributed by atoms with Gasteiger partial charge < -0.3 is 15.4 Å². The number of hydrogen-bond donors (Lipinski definition) is 3. The molecule has 5 rings (SSSR count). The van der Waals surface area contributed by atoms with Crippen LogP contribution in [0.4, 0.5) is 0 Å². The van der Waals surface area contributed by atoms with E-state index in [4.69, 9.17) is 0 Å². The fourth-order valence-corrected chi connectivity index (χ4v) is 8.96. The molecule has 3 aliphatic rings. The summed E-state index contributed by atoms with van der Waals surface area (Å²) in [6.45, 7) is 8.61. The highest BCUT2D eigenvalue weighted by molar-refractivity contribution is 7.99. The van der Waals surface area contributed by atoms with Crippen LogP contribution in [0, 0.1) is 17.8 Å². The molecule has 0 atom stereocenters. The number of H-pyrrole nitrogens is 1. The number of amides is 3. The molecule has 0 bridgehead atoms. The molecule has 3 heterocycles. The fraction of sp³-hybridized carbons (Fsp3) is 0.711. The van der Waals surface area contributed by atoms with Crippen LogP contribution in [0.25, 0.3) is 10.9 Å². The number of carbonyl (C=O) groups excluding carboxylic acids is 3. The van der Waals surface area contributed by atoms with E-state index in [1.807, 2.05) is 17.8 Å². The second-order valence-electron chi connectivity index (χ2n) is 14.3. The number of aromatic hydroxyl groups is 1. The van der Waals surface area contributed by atoms with Crippen molar-refractivity contribution in [3.05, 3.63) is 23.3 Å². The molecule has 3 N–H and O–H groups in total. The Labute approximate surface area is 286 Å². The fourth-order valence-electron chi connectivity index (χ4n) is 8.11. The Balaban J connectivity index is 0.924. The van der Waals surface area contributed by atoms with Crippen LogP contribution < -0.4 is 5.32 Å². The van der Waals surface area contributed by atoms with E-state index in [1.54, 1.807) is 0 Å². The van der Waals surface area contributed by atoms with Crippen molar-refractivity contribution in [3.8, 4) is 5.75 Å². The molecule has 1 aliphatic carbocycles. The largest absolute Gasteiger partial charge is 0.508 e. The van der Waals surface area contributed by atoms with Crippen molar-refractivity contribution in [1.29, 1.82) is 0 Å². The maximum Gasteiger partial charge on any atom is 0.229 e. The monoisotopic (exact) mass is 666 g/mol. The van der Waals surface area contributed by atoms with E-state index in [1.165, 1.54) is 46.6 Å². The summed E-state index contributed by atoms with van der Waals surface area (Å²) in [6.07, 6.45) is 16.0. The SMILES string of the molecule is CCCc1c(SCC)[nH]c2c(CN3CCC(CCNC(=O)CCCCCC4CCC(CN5C(=O)CCC5=O)CC4)CC3)c(O)ccc12. The Morgan fingerprint density at radius 1 is 0.915 bits per heavy atom. The lowest BCUT2D eigenvalue weighted by atomic mass is 9.79. The van der Waals surface area contributed by atoms with Gasteiger partial charge in [0.15, 0.2) is 0 Å². The lowest BCUT2D eigenvalue weighted by molar-refractivity contribution is -0.139. The van der Waals surface area contributed by atoms with Crippen molar-refractivity contribution in [3.63, 3.8) is 0 Å². The van der Waals surface area contributed by atoms with Crippen molar-refractivity contribution in [1.82, 2.24) is 20.1 Å². The summed E-state index contributed by atoms with van der Waals surface area (Å²) in [4.78, 5) is 43.9. The number of aryl methyl sites for hydroxylation is 1. The van der Waals surface area contributed by atoms with E-state index in [0.717, 1.165) is 107 Å². The molecular formula is C38H58N4O4S. The maximum absolute atomic E-state index is 12.5. The Morgan fingerprint density at radius 2 is 1.62 bits per heavy atom. The van der Waals surface area contributed by atoms with E-state index in [9.17, 15) is 19.5 Å². The third-order valence-corrected chi connectivity index (χ3v) is 11.9. The number of unbranched alkanes of at least 4 members (excludes halogenated alkanes) is 2. The molecule has 2 aromatic rings. The highest BCUT2D eigenvalue weighted by atomic mass is 32.2. The summed E-state index contributed by atoms with van der Waals surface area (Å²) in [5, 5.41) is 16.5. The smallest absolute Gasteiger partial charge is 0.229 e. The number of aromatic nitrogens is 1. The molecule has 260 valence electrons. The molecule has 47 heavy (non-hydrogen) atoms. The van der Waals surface area contributed by atoms with E-state index < -0.39 is 0 Å². The molecule has 9 heteroatoms. The Kier molecular flexibility index (Phi) is 13.5. The van der Waals surface area contributed by atoms with Crippen LogP contribution in [0.15, 0.2) is 17.2 Å². The van der Waals surface area contributed by atoms with Gasteiger partial charge in [0, 0.05) is 49.8 Å². The number of hydrogen-bond acceptors (Lipinski definition) is 6. The van der Waals surface area contributed by atoms with Gasteiger partial charge in [0.2, 0.25) is 17.7 Å².